The van der Waals surface area contributed by atoms with E-state index in [1.54, 1.807) is 5.19 Å². The van der Waals surface area contributed by atoms with Crippen LogP contribution in [-0.2, 0) is 0 Å². The Morgan fingerprint density at radius 1 is 0.520 bits per heavy atom. The topological polar surface area (TPSA) is 0 Å². The van der Waals surface area contributed by atoms with E-state index in [1.807, 2.05) is 0 Å². The predicted octanol–water partition coefficient (Wildman–Crippen LogP) is 6.22. The zero-order valence-electron chi connectivity index (χ0n) is 16.2. The fourth-order valence-corrected chi connectivity index (χ4v) is 5.48. The number of rotatable bonds is 3. The first-order valence-electron chi connectivity index (χ1n) is 8.98. The lowest BCUT2D eigenvalue weighted by molar-refractivity contribution is 1.37. The van der Waals surface area contributed by atoms with Crippen LogP contribution >= 0.6 is 0 Å². The molecule has 0 saturated heterocycles. The standard InChI is InChI=1S/C24H27Si/c1-16-10-7-11-17(2)22(16)20-14-9-15-21(24(20)25(5)6)23-18(3)12-8-13-19(23)4/h7-15H,1-6H3. The summed E-state index contributed by atoms with van der Waals surface area (Å²) < 4.78 is 0. The molecule has 0 aliphatic rings. The summed E-state index contributed by atoms with van der Waals surface area (Å²) >= 11 is 0. The molecule has 127 valence electrons. The zero-order chi connectivity index (χ0) is 18.1. The van der Waals surface area contributed by atoms with E-state index in [4.69, 9.17) is 0 Å². The van der Waals surface area contributed by atoms with Crippen LogP contribution in [0, 0.1) is 27.7 Å². The maximum absolute atomic E-state index is 2.41. The van der Waals surface area contributed by atoms with E-state index in [9.17, 15) is 0 Å². The summed E-state index contributed by atoms with van der Waals surface area (Å²) in [6, 6.07) is 20.1. The highest BCUT2D eigenvalue weighted by Crippen LogP contribution is 2.32. The summed E-state index contributed by atoms with van der Waals surface area (Å²) in [6.45, 7) is 13.7. The van der Waals surface area contributed by atoms with E-state index in [0.717, 1.165) is 0 Å². The van der Waals surface area contributed by atoms with Gasteiger partial charge in [0.2, 0.25) is 0 Å². The molecule has 0 bridgehead atoms. The van der Waals surface area contributed by atoms with Gasteiger partial charge in [-0.1, -0.05) is 67.7 Å². The van der Waals surface area contributed by atoms with E-state index >= 15 is 0 Å². The monoisotopic (exact) mass is 343 g/mol. The van der Waals surface area contributed by atoms with Crippen molar-refractivity contribution >= 4 is 14.0 Å². The van der Waals surface area contributed by atoms with Gasteiger partial charge in [-0.2, -0.15) is 0 Å². The highest BCUT2D eigenvalue weighted by molar-refractivity contribution is 6.73. The SMILES string of the molecule is Cc1cccc(C)c1-c1cccc(-c2c(C)cccc2C)c1[Si](C)C. The van der Waals surface area contributed by atoms with Gasteiger partial charge in [0.05, 0.1) is 8.80 Å². The second-order valence-electron chi connectivity index (χ2n) is 7.26. The van der Waals surface area contributed by atoms with Gasteiger partial charge in [0, 0.05) is 0 Å². The van der Waals surface area contributed by atoms with Crippen molar-refractivity contribution in [3.05, 3.63) is 76.9 Å². The zero-order valence-corrected chi connectivity index (χ0v) is 17.2. The molecule has 0 unspecified atom stereocenters. The molecule has 0 spiro atoms. The summed E-state index contributed by atoms with van der Waals surface area (Å²) in [5.74, 6) is 0. The lowest BCUT2D eigenvalue weighted by Gasteiger charge is -2.22. The van der Waals surface area contributed by atoms with Crippen molar-refractivity contribution in [1.82, 2.24) is 0 Å². The molecule has 0 aliphatic heterocycles. The van der Waals surface area contributed by atoms with Gasteiger partial charge in [-0.3, -0.25) is 0 Å². The largest absolute Gasteiger partial charge is 0.0808 e. The smallest absolute Gasteiger partial charge is 0.0670 e. The van der Waals surface area contributed by atoms with Crippen LogP contribution in [0.3, 0.4) is 0 Å². The van der Waals surface area contributed by atoms with Crippen molar-refractivity contribution in [2.45, 2.75) is 40.8 Å². The highest BCUT2D eigenvalue weighted by atomic mass is 28.3. The van der Waals surface area contributed by atoms with Gasteiger partial charge < -0.3 is 0 Å². The van der Waals surface area contributed by atoms with Gasteiger partial charge in [0.1, 0.15) is 0 Å². The van der Waals surface area contributed by atoms with E-state index in [0.29, 0.717) is 0 Å². The lowest BCUT2D eigenvalue weighted by Crippen LogP contribution is -2.28. The Morgan fingerprint density at radius 3 is 1.16 bits per heavy atom. The van der Waals surface area contributed by atoms with E-state index in [1.165, 1.54) is 44.5 Å². The van der Waals surface area contributed by atoms with E-state index < -0.39 is 8.80 Å². The molecule has 0 atom stereocenters. The predicted molar refractivity (Wildman–Crippen MR) is 113 cm³/mol. The molecule has 3 rings (SSSR count). The molecular formula is C24H27Si. The minimum absolute atomic E-state index is 0.632. The minimum Gasteiger partial charge on any atom is -0.0670 e. The third-order valence-corrected chi connectivity index (χ3v) is 6.60. The maximum Gasteiger partial charge on any atom is 0.0808 e. The molecule has 3 aromatic rings. The molecule has 0 N–H and O–H groups in total. The normalized spacial score (nSPS) is 11.2. The van der Waals surface area contributed by atoms with Crippen LogP contribution < -0.4 is 5.19 Å². The van der Waals surface area contributed by atoms with Gasteiger partial charge in [-0.15, -0.1) is 0 Å². The van der Waals surface area contributed by atoms with Crippen molar-refractivity contribution in [3.8, 4) is 22.3 Å². The summed E-state index contributed by atoms with van der Waals surface area (Å²) in [5, 5.41) is 1.56. The Kier molecular flexibility index (Phi) is 4.96. The first-order valence-corrected chi connectivity index (χ1v) is 11.5. The van der Waals surface area contributed by atoms with Crippen molar-refractivity contribution in [1.29, 1.82) is 0 Å². The maximum atomic E-state index is 2.41. The highest BCUT2D eigenvalue weighted by Gasteiger charge is 2.19. The van der Waals surface area contributed by atoms with Gasteiger partial charge in [0.25, 0.3) is 0 Å². The first kappa shape index (κ1) is 17.7. The molecule has 0 saturated carbocycles. The number of aryl methyl sites for hydroxylation is 4. The average molecular weight is 344 g/mol. The Morgan fingerprint density at radius 2 is 0.840 bits per heavy atom. The molecular weight excluding hydrogens is 316 g/mol. The first-order chi connectivity index (χ1) is 11.9. The van der Waals surface area contributed by atoms with Crippen LogP contribution in [-0.4, -0.2) is 8.80 Å². The molecule has 0 fully saturated rings. The van der Waals surface area contributed by atoms with Crippen LogP contribution in [0.15, 0.2) is 54.6 Å². The van der Waals surface area contributed by atoms with E-state index in [-0.39, 0.29) is 0 Å². The molecule has 0 nitrogen and oxygen atoms in total. The molecule has 25 heavy (non-hydrogen) atoms. The quantitative estimate of drug-likeness (QED) is 0.496. The van der Waals surface area contributed by atoms with Crippen LogP contribution in [0.2, 0.25) is 13.1 Å². The summed E-state index contributed by atoms with van der Waals surface area (Å²) in [5.41, 5.74) is 11.1. The van der Waals surface area contributed by atoms with Gasteiger partial charge >= 0.3 is 0 Å². The van der Waals surface area contributed by atoms with Crippen molar-refractivity contribution < 1.29 is 0 Å². The number of benzene rings is 3. The summed E-state index contributed by atoms with van der Waals surface area (Å²) in [6.07, 6.45) is 0. The second kappa shape index (κ2) is 7.01. The van der Waals surface area contributed by atoms with Gasteiger partial charge in [0.15, 0.2) is 0 Å². The Bertz CT molecular complexity index is 809. The number of hydrogen-bond donors (Lipinski definition) is 0. The third kappa shape index (κ3) is 3.21. The average Bonchev–Trinajstić information content (AvgIpc) is 2.54. The lowest BCUT2D eigenvalue weighted by atomic mass is 9.90. The molecule has 0 amide bonds. The molecule has 0 heterocycles. The molecule has 0 aliphatic carbocycles. The van der Waals surface area contributed by atoms with E-state index in [2.05, 4.69) is 95.4 Å². The summed E-state index contributed by atoms with van der Waals surface area (Å²) in [7, 11) is -0.632. The van der Waals surface area contributed by atoms with Crippen molar-refractivity contribution in [3.63, 3.8) is 0 Å². The third-order valence-electron chi connectivity index (χ3n) is 5.07. The molecule has 0 aromatic heterocycles. The van der Waals surface area contributed by atoms with Crippen LogP contribution in [0.1, 0.15) is 22.3 Å². The van der Waals surface area contributed by atoms with Gasteiger partial charge in [-0.05, 0) is 77.4 Å². The number of hydrogen-bond acceptors (Lipinski definition) is 0. The second-order valence-corrected chi connectivity index (χ2v) is 9.76. The summed E-state index contributed by atoms with van der Waals surface area (Å²) in [4.78, 5) is 0. The van der Waals surface area contributed by atoms with Crippen LogP contribution in [0.25, 0.3) is 22.3 Å². The molecule has 1 radical (unpaired) electrons. The molecule has 3 aromatic carbocycles. The minimum atomic E-state index is -0.632. The van der Waals surface area contributed by atoms with Crippen molar-refractivity contribution in [2.24, 2.45) is 0 Å². The fraction of sp³-hybridized carbons (Fsp3) is 0.250. The Hall–Kier alpha value is -2.12. The Balaban J connectivity index is 2.38. The fourth-order valence-electron chi connectivity index (χ4n) is 3.99. The van der Waals surface area contributed by atoms with Gasteiger partial charge in [-0.25, -0.2) is 0 Å². The Labute approximate surface area is 154 Å². The molecule has 1 heteroatoms. The van der Waals surface area contributed by atoms with Crippen LogP contribution in [0.5, 0.6) is 0 Å². The van der Waals surface area contributed by atoms with Crippen molar-refractivity contribution in [2.75, 3.05) is 0 Å². The van der Waals surface area contributed by atoms with Crippen LogP contribution in [0.4, 0.5) is 0 Å².